The van der Waals surface area contributed by atoms with Gasteiger partial charge in [-0.3, -0.25) is 14.2 Å². The lowest BCUT2D eigenvalue weighted by atomic mass is 10.0. The van der Waals surface area contributed by atoms with Gasteiger partial charge in [0.05, 0.1) is 27.7 Å². The van der Waals surface area contributed by atoms with Crippen LogP contribution in [0.15, 0.2) is 48.6 Å². The van der Waals surface area contributed by atoms with Crippen LogP contribution in [0.4, 0.5) is 0 Å². The van der Waals surface area contributed by atoms with Crippen LogP contribution >= 0.6 is 7.82 Å². The number of hydrogen-bond donors (Lipinski definition) is 0. The fourth-order valence-electron chi connectivity index (χ4n) is 8.78. The van der Waals surface area contributed by atoms with Gasteiger partial charge in [-0.2, -0.15) is 0 Å². The van der Waals surface area contributed by atoms with Gasteiger partial charge in [-0.1, -0.05) is 249 Å². The number of rotatable bonds is 57. The average Bonchev–Trinajstić information content (AvgIpc) is 3.35. The van der Waals surface area contributed by atoms with E-state index >= 15 is 0 Å². The molecule has 0 aromatic carbocycles. The van der Waals surface area contributed by atoms with E-state index in [9.17, 15) is 19.0 Å². The summed E-state index contributed by atoms with van der Waals surface area (Å²) in [6.07, 6.45) is 68.8. The maximum absolute atomic E-state index is 12.8. The molecular formula is C63H118NO8P. The number of unbranched alkanes of at least 4 members (excludes halogenated alkanes) is 35. The van der Waals surface area contributed by atoms with Gasteiger partial charge in [-0.25, -0.2) is 0 Å². The molecule has 0 aliphatic carbocycles. The third-order valence-electron chi connectivity index (χ3n) is 13.6. The zero-order chi connectivity index (χ0) is 53.5. The van der Waals surface area contributed by atoms with Crippen LogP contribution in [0.3, 0.4) is 0 Å². The third kappa shape index (κ3) is 59.1. The summed E-state index contributed by atoms with van der Waals surface area (Å²) in [5.74, 6) is -0.828. The van der Waals surface area contributed by atoms with E-state index in [1.54, 1.807) is 0 Å². The van der Waals surface area contributed by atoms with Crippen molar-refractivity contribution in [2.45, 2.75) is 296 Å². The molecule has 2 atom stereocenters. The van der Waals surface area contributed by atoms with Crippen LogP contribution in [-0.2, 0) is 32.7 Å². The Morgan fingerprint density at radius 2 is 0.740 bits per heavy atom. The van der Waals surface area contributed by atoms with Gasteiger partial charge in [0.1, 0.15) is 19.8 Å². The first-order valence-electron chi connectivity index (χ1n) is 30.8. The van der Waals surface area contributed by atoms with Gasteiger partial charge < -0.3 is 27.9 Å². The lowest BCUT2D eigenvalue weighted by molar-refractivity contribution is -0.870. The van der Waals surface area contributed by atoms with Crippen LogP contribution in [0.2, 0.25) is 0 Å². The van der Waals surface area contributed by atoms with Crippen LogP contribution in [0.25, 0.3) is 0 Å². The Hall–Kier alpha value is -2.03. The second kappa shape index (κ2) is 54.7. The minimum absolute atomic E-state index is 0.0309. The second-order valence-corrected chi connectivity index (χ2v) is 23.5. The van der Waals surface area contributed by atoms with E-state index in [1.165, 1.54) is 193 Å². The molecule has 0 rings (SSSR count). The van der Waals surface area contributed by atoms with Crippen molar-refractivity contribution in [1.29, 1.82) is 0 Å². The molecule has 0 heterocycles. The number of ether oxygens (including phenoxy) is 2. The molecule has 10 heteroatoms. The highest BCUT2D eigenvalue weighted by atomic mass is 31.2. The van der Waals surface area contributed by atoms with Crippen molar-refractivity contribution in [3.05, 3.63) is 48.6 Å². The first-order chi connectivity index (χ1) is 35.5. The summed E-state index contributed by atoms with van der Waals surface area (Å²) < 4.78 is 34.2. The number of phosphoric acid groups is 1. The molecule has 0 saturated heterocycles. The third-order valence-corrected chi connectivity index (χ3v) is 14.5. The molecule has 0 spiro atoms. The van der Waals surface area contributed by atoms with Gasteiger partial charge in [0.15, 0.2) is 6.10 Å². The Morgan fingerprint density at radius 3 is 1.11 bits per heavy atom. The lowest BCUT2D eigenvalue weighted by Gasteiger charge is -2.28. The number of phosphoric ester groups is 1. The van der Waals surface area contributed by atoms with Crippen molar-refractivity contribution in [3.8, 4) is 0 Å². The van der Waals surface area contributed by atoms with E-state index in [2.05, 4.69) is 62.5 Å². The summed E-state index contributed by atoms with van der Waals surface area (Å²) in [7, 11) is 1.17. The quantitative estimate of drug-likeness (QED) is 0.0195. The zero-order valence-electron chi connectivity index (χ0n) is 48.6. The van der Waals surface area contributed by atoms with E-state index in [0.717, 1.165) is 64.2 Å². The minimum atomic E-state index is -4.64. The Kier molecular flexibility index (Phi) is 53.2. The van der Waals surface area contributed by atoms with Crippen molar-refractivity contribution in [3.63, 3.8) is 0 Å². The fraction of sp³-hybridized carbons (Fsp3) is 0.841. The number of quaternary nitrogens is 1. The van der Waals surface area contributed by atoms with Crippen LogP contribution < -0.4 is 4.89 Å². The number of likely N-dealkylation sites (N-methyl/N-ethyl adjacent to an activating group) is 1. The minimum Gasteiger partial charge on any atom is -0.756 e. The Labute approximate surface area is 452 Å². The number of nitrogens with zero attached hydrogens (tertiary/aromatic N) is 1. The SMILES string of the molecule is CCCCCCC/C=C\C/C=C\C/C=C\CCCCCCCCCCCCCCCCCCC(=O)OC(COC(=O)CCCCCCCCC/C=C\CCCCCCCCC)COP(=O)([O-])OCC[N+](C)(C)C. The van der Waals surface area contributed by atoms with Crippen LogP contribution in [-0.4, -0.2) is 70.0 Å². The molecule has 9 nitrogen and oxygen atoms in total. The van der Waals surface area contributed by atoms with Crippen LogP contribution in [0.1, 0.15) is 290 Å². The zero-order valence-corrected chi connectivity index (χ0v) is 49.5. The largest absolute Gasteiger partial charge is 0.756 e. The number of hydrogen-bond acceptors (Lipinski definition) is 8. The Bertz CT molecular complexity index is 1370. The lowest BCUT2D eigenvalue weighted by Crippen LogP contribution is -2.37. The molecule has 0 saturated carbocycles. The van der Waals surface area contributed by atoms with Crippen molar-refractivity contribution in [2.75, 3.05) is 47.5 Å². The number of carbonyl (C=O) groups is 2. The first-order valence-corrected chi connectivity index (χ1v) is 32.3. The van der Waals surface area contributed by atoms with Crippen molar-refractivity contribution in [1.82, 2.24) is 0 Å². The normalized spacial score (nSPS) is 13.6. The molecule has 0 aromatic rings. The van der Waals surface area contributed by atoms with Gasteiger partial charge in [0.2, 0.25) is 0 Å². The molecule has 0 aromatic heterocycles. The predicted octanol–water partition coefficient (Wildman–Crippen LogP) is 18.7. The Balaban J connectivity index is 4.07. The maximum Gasteiger partial charge on any atom is 0.306 e. The van der Waals surface area contributed by atoms with E-state index in [-0.39, 0.29) is 32.0 Å². The second-order valence-electron chi connectivity index (χ2n) is 22.1. The average molecular weight is 1050 g/mol. The fourth-order valence-corrected chi connectivity index (χ4v) is 9.51. The van der Waals surface area contributed by atoms with Crippen LogP contribution in [0.5, 0.6) is 0 Å². The monoisotopic (exact) mass is 1050 g/mol. The smallest absolute Gasteiger partial charge is 0.306 e. The van der Waals surface area contributed by atoms with Crippen molar-refractivity contribution < 1.29 is 42.1 Å². The molecule has 73 heavy (non-hydrogen) atoms. The van der Waals surface area contributed by atoms with Gasteiger partial charge >= 0.3 is 11.9 Å². The van der Waals surface area contributed by atoms with Gasteiger partial charge in [-0.05, 0) is 77.0 Å². The standard InChI is InChI=1S/C63H118NO8P/c1-6-8-10-12-14-16-18-20-22-24-26-27-28-29-30-31-32-33-34-35-36-37-38-40-42-44-46-48-50-52-54-56-63(66)72-61(60-71-73(67,68)70-58-57-64(3,4)5)59-69-62(65)55-53-51-49-47-45-43-41-39-25-23-21-19-17-15-13-11-9-7-2/h18,20,23-26,28-29,61H,6-17,19,21-22,27,30-60H2,1-5H3/b20-18-,25-23-,26-24-,29-28-. The number of carbonyl (C=O) groups excluding carboxylic acids is 2. The van der Waals surface area contributed by atoms with E-state index in [1.807, 2.05) is 21.1 Å². The first kappa shape index (κ1) is 71.0. The number of esters is 2. The van der Waals surface area contributed by atoms with Gasteiger partial charge in [0.25, 0.3) is 7.82 Å². The van der Waals surface area contributed by atoms with Crippen molar-refractivity contribution in [2.24, 2.45) is 0 Å². The molecular weight excluding hydrogens is 930 g/mol. The summed E-state index contributed by atoms with van der Waals surface area (Å²) in [6, 6.07) is 0. The highest BCUT2D eigenvalue weighted by Crippen LogP contribution is 2.38. The molecule has 2 unspecified atom stereocenters. The highest BCUT2D eigenvalue weighted by molar-refractivity contribution is 7.45. The van der Waals surface area contributed by atoms with E-state index in [0.29, 0.717) is 17.4 Å². The Morgan fingerprint density at radius 1 is 0.425 bits per heavy atom. The van der Waals surface area contributed by atoms with E-state index in [4.69, 9.17) is 18.5 Å². The van der Waals surface area contributed by atoms with Crippen LogP contribution in [0, 0.1) is 0 Å². The summed E-state index contributed by atoms with van der Waals surface area (Å²) >= 11 is 0. The van der Waals surface area contributed by atoms with Crippen molar-refractivity contribution >= 4 is 19.8 Å². The summed E-state index contributed by atoms with van der Waals surface area (Å²) in [6.45, 7) is 4.26. The molecule has 0 N–H and O–H groups in total. The topological polar surface area (TPSA) is 111 Å². The molecule has 0 aliphatic rings. The maximum atomic E-state index is 12.8. The molecule has 0 amide bonds. The van der Waals surface area contributed by atoms with E-state index < -0.39 is 26.5 Å². The summed E-state index contributed by atoms with van der Waals surface area (Å²) in [5, 5.41) is 0. The molecule has 0 aliphatic heterocycles. The highest BCUT2D eigenvalue weighted by Gasteiger charge is 2.22. The molecule has 0 fully saturated rings. The summed E-state index contributed by atoms with van der Waals surface area (Å²) in [5.41, 5.74) is 0. The van der Waals surface area contributed by atoms with Gasteiger partial charge in [-0.15, -0.1) is 0 Å². The van der Waals surface area contributed by atoms with Gasteiger partial charge in [0, 0.05) is 12.8 Å². The number of allylic oxidation sites excluding steroid dienone is 8. The molecule has 0 bridgehead atoms. The molecule has 428 valence electrons. The predicted molar refractivity (Wildman–Crippen MR) is 310 cm³/mol. The summed E-state index contributed by atoms with van der Waals surface area (Å²) in [4.78, 5) is 37.9. The molecule has 0 radical (unpaired) electrons.